The van der Waals surface area contributed by atoms with Gasteiger partial charge in [0.05, 0.1) is 5.69 Å². The Morgan fingerprint density at radius 2 is 1.95 bits per heavy atom. The number of benzene rings is 1. The van der Waals surface area contributed by atoms with Crippen LogP contribution in [0.3, 0.4) is 0 Å². The van der Waals surface area contributed by atoms with Crippen molar-refractivity contribution in [1.82, 2.24) is 10.3 Å². The first-order valence-electron chi connectivity index (χ1n) is 7.59. The quantitative estimate of drug-likeness (QED) is 0.880. The largest absolute Gasteiger partial charge is 0.487 e. The molecule has 0 unspecified atom stereocenters. The van der Waals surface area contributed by atoms with Gasteiger partial charge in [0.25, 0.3) is 0 Å². The molecule has 21 heavy (non-hydrogen) atoms. The molecule has 0 atom stereocenters. The summed E-state index contributed by atoms with van der Waals surface area (Å²) in [5.74, 6) is 0.994. The van der Waals surface area contributed by atoms with Gasteiger partial charge >= 0.3 is 0 Å². The van der Waals surface area contributed by atoms with E-state index in [1.54, 1.807) is 0 Å². The number of hydrogen-bond donors (Lipinski definition) is 1. The smallest absolute Gasteiger partial charge is 0.130 e. The molecule has 0 spiro atoms. The molecule has 0 radical (unpaired) electrons. The Bertz CT molecular complexity index is 620. The third-order valence-corrected chi connectivity index (χ3v) is 3.76. The highest BCUT2D eigenvalue weighted by Gasteiger charge is 2.20. The van der Waals surface area contributed by atoms with Gasteiger partial charge < -0.3 is 10.1 Å². The predicted octanol–water partition coefficient (Wildman–Crippen LogP) is 3.53. The van der Waals surface area contributed by atoms with Gasteiger partial charge in [0.1, 0.15) is 12.4 Å². The lowest BCUT2D eigenvalue weighted by Crippen LogP contribution is -2.16. The molecule has 0 amide bonds. The van der Waals surface area contributed by atoms with Gasteiger partial charge in [0.15, 0.2) is 0 Å². The summed E-state index contributed by atoms with van der Waals surface area (Å²) < 4.78 is 6.06. The van der Waals surface area contributed by atoms with Crippen LogP contribution >= 0.6 is 0 Å². The van der Waals surface area contributed by atoms with Crippen LogP contribution in [0.1, 0.15) is 35.4 Å². The van der Waals surface area contributed by atoms with Crippen molar-refractivity contribution in [3.63, 3.8) is 0 Å². The molecular weight excluding hydrogens is 260 g/mol. The molecule has 3 nitrogen and oxygen atoms in total. The van der Waals surface area contributed by atoms with E-state index in [2.05, 4.69) is 35.4 Å². The lowest BCUT2D eigenvalue weighted by atomic mass is 10.1. The first-order chi connectivity index (χ1) is 10.2. The summed E-state index contributed by atoms with van der Waals surface area (Å²) in [7, 11) is 0. The maximum absolute atomic E-state index is 6.06. The van der Waals surface area contributed by atoms with Gasteiger partial charge in [-0.05, 0) is 44.4 Å². The van der Waals surface area contributed by atoms with Crippen molar-refractivity contribution in [1.29, 1.82) is 0 Å². The van der Waals surface area contributed by atoms with Crippen LogP contribution in [0.4, 0.5) is 0 Å². The maximum Gasteiger partial charge on any atom is 0.130 e. The van der Waals surface area contributed by atoms with Crippen molar-refractivity contribution < 1.29 is 4.74 Å². The molecule has 1 heterocycles. The predicted molar refractivity (Wildman–Crippen MR) is 84.3 cm³/mol. The molecule has 1 aromatic carbocycles. The molecule has 1 saturated carbocycles. The van der Waals surface area contributed by atoms with Crippen LogP contribution in [0.2, 0.25) is 0 Å². The van der Waals surface area contributed by atoms with E-state index in [9.17, 15) is 0 Å². The van der Waals surface area contributed by atoms with Crippen molar-refractivity contribution >= 4 is 0 Å². The summed E-state index contributed by atoms with van der Waals surface area (Å²) in [6.45, 7) is 5.49. The Morgan fingerprint density at radius 3 is 2.71 bits per heavy atom. The van der Waals surface area contributed by atoms with Gasteiger partial charge in [-0.1, -0.05) is 24.3 Å². The van der Waals surface area contributed by atoms with Gasteiger partial charge in [-0.15, -0.1) is 0 Å². The second kappa shape index (κ2) is 6.27. The molecule has 110 valence electrons. The zero-order chi connectivity index (χ0) is 14.7. The van der Waals surface area contributed by atoms with E-state index < -0.39 is 0 Å². The van der Waals surface area contributed by atoms with E-state index in [0.29, 0.717) is 12.6 Å². The number of nitrogens with one attached hydrogen (secondary N) is 1. The Morgan fingerprint density at radius 1 is 1.14 bits per heavy atom. The monoisotopic (exact) mass is 282 g/mol. The average Bonchev–Trinajstić information content (AvgIpc) is 3.28. The van der Waals surface area contributed by atoms with Crippen molar-refractivity contribution in [3.8, 4) is 5.75 Å². The highest BCUT2D eigenvalue weighted by atomic mass is 16.5. The lowest BCUT2D eigenvalue weighted by molar-refractivity contribution is 0.295. The highest BCUT2D eigenvalue weighted by molar-refractivity contribution is 5.40. The first-order valence-corrected chi connectivity index (χ1v) is 7.59. The van der Waals surface area contributed by atoms with E-state index in [4.69, 9.17) is 4.74 Å². The van der Waals surface area contributed by atoms with Crippen LogP contribution in [-0.4, -0.2) is 11.0 Å². The third-order valence-electron chi connectivity index (χ3n) is 3.76. The molecule has 0 bridgehead atoms. The minimum atomic E-state index is 0.517. The Labute approximate surface area is 126 Å². The topological polar surface area (TPSA) is 34.1 Å². The van der Waals surface area contributed by atoms with Crippen LogP contribution < -0.4 is 10.1 Å². The van der Waals surface area contributed by atoms with Crippen molar-refractivity contribution in [3.05, 3.63) is 58.9 Å². The molecule has 3 rings (SSSR count). The minimum Gasteiger partial charge on any atom is -0.487 e. The van der Waals surface area contributed by atoms with Gasteiger partial charge in [-0.2, -0.15) is 0 Å². The van der Waals surface area contributed by atoms with E-state index in [1.165, 1.54) is 24.0 Å². The molecule has 1 aliphatic carbocycles. The number of aromatic nitrogens is 1. The molecule has 1 aliphatic rings. The summed E-state index contributed by atoms with van der Waals surface area (Å²) >= 11 is 0. The van der Waals surface area contributed by atoms with Crippen LogP contribution in [0, 0.1) is 13.8 Å². The number of ether oxygens (including phenoxy) is 1. The number of aryl methyl sites for hydroxylation is 2. The summed E-state index contributed by atoms with van der Waals surface area (Å²) in [5.41, 5.74) is 4.41. The van der Waals surface area contributed by atoms with Crippen molar-refractivity contribution in [2.45, 2.75) is 45.9 Å². The third kappa shape index (κ3) is 3.82. The Balaban J connectivity index is 1.70. The zero-order valence-electron chi connectivity index (χ0n) is 12.7. The van der Waals surface area contributed by atoms with Crippen LogP contribution in [0.5, 0.6) is 5.75 Å². The molecule has 2 aromatic rings. The van der Waals surface area contributed by atoms with E-state index in [-0.39, 0.29) is 0 Å². The molecule has 3 heteroatoms. The highest BCUT2D eigenvalue weighted by Crippen LogP contribution is 2.26. The average molecular weight is 282 g/mol. The molecule has 1 N–H and O–H groups in total. The number of nitrogens with zero attached hydrogens (tertiary/aromatic N) is 1. The summed E-state index contributed by atoms with van der Waals surface area (Å²) in [6.07, 6.45) is 2.60. The fourth-order valence-corrected chi connectivity index (χ4v) is 2.43. The number of pyridine rings is 1. The zero-order valence-corrected chi connectivity index (χ0v) is 12.7. The number of rotatable bonds is 6. The van der Waals surface area contributed by atoms with Crippen molar-refractivity contribution in [2.75, 3.05) is 0 Å². The summed E-state index contributed by atoms with van der Waals surface area (Å²) in [6, 6.07) is 13.1. The van der Waals surface area contributed by atoms with Crippen LogP contribution in [0.25, 0.3) is 0 Å². The molecule has 0 saturated heterocycles. The van der Waals surface area contributed by atoms with Crippen LogP contribution in [-0.2, 0) is 13.2 Å². The number of hydrogen-bond acceptors (Lipinski definition) is 3. The first kappa shape index (κ1) is 14.1. The van der Waals surface area contributed by atoms with Gasteiger partial charge in [-0.3, -0.25) is 4.98 Å². The van der Waals surface area contributed by atoms with E-state index in [0.717, 1.165) is 23.7 Å². The minimum absolute atomic E-state index is 0.517. The summed E-state index contributed by atoms with van der Waals surface area (Å²) in [5, 5.41) is 3.55. The molecule has 1 fully saturated rings. The standard InChI is InChI=1S/C18H22N2O/c1-13-5-3-7-15(11-19-16-9-10-16)18(13)21-12-17-8-4-6-14(2)20-17/h3-8,16,19H,9-12H2,1-2H3. The SMILES string of the molecule is Cc1cccc(COc2c(C)cccc2CNC2CC2)n1. The second-order valence-electron chi connectivity index (χ2n) is 5.78. The lowest BCUT2D eigenvalue weighted by Gasteiger charge is -2.14. The van der Waals surface area contributed by atoms with Crippen LogP contribution in [0.15, 0.2) is 36.4 Å². The molecule has 0 aliphatic heterocycles. The fraction of sp³-hybridized carbons (Fsp3) is 0.389. The van der Waals surface area contributed by atoms with Gasteiger partial charge in [0, 0.05) is 23.8 Å². The summed E-state index contributed by atoms with van der Waals surface area (Å²) in [4.78, 5) is 4.49. The molecule has 1 aromatic heterocycles. The Kier molecular flexibility index (Phi) is 4.20. The fourth-order valence-electron chi connectivity index (χ4n) is 2.43. The van der Waals surface area contributed by atoms with Crippen molar-refractivity contribution in [2.24, 2.45) is 0 Å². The molecular formula is C18H22N2O. The van der Waals surface area contributed by atoms with Gasteiger partial charge in [-0.25, -0.2) is 0 Å². The van der Waals surface area contributed by atoms with E-state index >= 15 is 0 Å². The Hall–Kier alpha value is -1.87. The second-order valence-corrected chi connectivity index (χ2v) is 5.78. The van der Waals surface area contributed by atoms with E-state index in [1.807, 2.05) is 25.1 Å². The maximum atomic E-state index is 6.06. The number of para-hydroxylation sites is 1. The van der Waals surface area contributed by atoms with Gasteiger partial charge in [0.2, 0.25) is 0 Å². The normalized spacial score (nSPS) is 14.2.